The fourth-order valence-corrected chi connectivity index (χ4v) is 1.16. The third-order valence-corrected chi connectivity index (χ3v) is 2.42. The molecule has 0 rings (SSSR count). The Morgan fingerprint density at radius 1 is 1.10 bits per heavy atom. The van der Waals surface area contributed by atoms with Crippen LogP contribution in [0.2, 0.25) is 0 Å². The highest BCUT2D eigenvalue weighted by molar-refractivity contribution is 4.67. The maximum Gasteiger partial charge on any atom is 0.166 e. The number of nitriles is 1. The third-order valence-electron chi connectivity index (χ3n) is 2.42. The molecule has 0 unspecified atom stereocenters. The lowest BCUT2D eigenvalue weighted by molar-refractivity contribution is -0.916. The van der Waals surface area contributed by atoms with Gasteiger partial charge in [-0.2, -0.15) is 5.26 Å². The molecule has 0 fully saturated rings. The number of hydrogen-bond donors (Lipinski definition) is 0. The van der Waals surface area contributed by atoms with Crippen LogP contribution in [0.5, 0.6) is 0 Å². The molecule has 0 heterocycles. The van der Waals surface area contributed by atoms with Gasteiger partial charge in [0.25, 0.3) is 0 Å². The SMILES string of the molecule is CC[N+](CC)(CC)CC#N. The first-order valence-corrected chi connectivity index (χ1v) is 3.96. The van der Waals surface area contributed by atoms with Crippen molar-refractivity contribution in [3.63, 3.8) is 0 Å². The number of rotatable bonds is 4. The van der Waals surface area contributed by atoms with E-state index in [0.29, 0.717) is 6.54 Å². The van der Waals surface area contributed by atoms with Crippen molar-refractivity contribution in [3.8, 4) is 6.07 Å². The fraction of sp³-hybridized carbons (Fsp3) is 0.875. The summed E-state index contributed by atoms with van der Waals surface area (Å²) in [6.45, 7) is 10.3. The van der Waals surface area contributed by atoms with Crippen molar-refractivity contribution in [1.29, 1.82) is 5.26 Å². The van der Waals surface area contributed by atoms with Crippen LogP contribution in [0.3, 0.4) is 0 Å². The molecule has 0 aromatic heterocycles. The van der Waals surface area contributed by atoms with Crippen LogP contribution in [-0.2, 0) is 0 Å². The van der Waals surface area contributed by atoms with Gasteiger partial charge >= 0.3 is 0 Å². The molecule has 0 saturated carbocycles. The summed E-state index contributed by atoms with van der Waals surface area (Å²) >= 11 is 0. The molecule has 0 aromatic rings. The second-order valence-electron chi connectivity index (χ2n) is 2.61. The van der Waals surface area contributed by atoms with Gasteiger partial charge in [-0.25, -0.2) is 0 Å². The normalized spacial score (nSPS) is 11.0. The zero-order chi connectivity index (χ0) is 8.04. The minimum atomic E-state index is 0.656. The molecule has 0 aliphatic carbocycles. The summed E-state index contributed by atoms with van der Waals surface area (Å²) in [5.41, 5.74) is 0. The van der Waals surface area contributed by atoms with Gasteiger partial charge in [0, 0.05) is 0 Å². The lowest BCUT2D eigenvalue weighted by Crippen LogP contribution is -2.47. The minimum Gasteiger partial charge on any atom is -0.312 e. The van der Waals surface area contributed by atoms with E-state index in [0.717, 1.165) is 24.1 Å². The first-order valence-electron chi connectivity index (χ1n) is 3.96. The molecular weight excluding hydrogens is 124 g/mol. The van der Waals surface area contributed by atoms with Crippen LogP contribution in [0.4, 0.5) is 0 Å². The molecule has 0 aliphatic rings. The van der Waals surface area contributed by atoms with Gasteiger partial charge in [0.2, 0.25) is 0 Å². The first kappa shape index (κ1) is 9.45. The Bertz CT molecular complexity index is 111. The molecule has 0 spiro atoms. The van der Waals surface area contributed by atoms with Crippen LogP contribution in [0.25, 0.3) is 0 Å². The average molecular weight is 141 g/mol. The Morgan fingerprint density at radius 2 is 1.50 bits per heavy atom. The third kappa shape index (κ3) is 2.00. The van der Waals surface area contributed by atoms with Crippen molar-refractivity contribution in [2.45, 2.75) is 20.8 Å². The van der Waals surface area contributed by atoms with E-state index in [1.807, 2.05) is 0 Å². The molecule has 0 atom stereocenters. The molecule has 10 heavy (non-hydrogen) atoms. The Morgan fingerprint density at radius 3 is 1.60 bits per heavy atom. The molecule has 0 bridgehead atoms. The second-order valence-corrected chi connectivity index (χ2v) is 2.61. The van der Waals surface area contributed by atoms with E-state index in [1.165, 1.54) is 0 Å². The van der Waals surface area contributed by atoms with Gasteiger partial charge in [0.15, 0.2) is 6.54 Å². The van der Waals surface area contributed by atoms with Crippen LogP contribution < -0.4 is 0 Å². The molecule has 58 valence electrons. The molecule has 2 nitrogen and oxygen atoms in total. The summed E-state index contributed by atoms with van der Waals surface area (Å²) in [6.07, 6.45) is 0. The zero-order valence-electron chi connectivity index (χ0n) is 7.22. The standard InChI is InChI=1S/C8H17N2/c1-4-10(5-2,6-3)8-7-9/h4-6,8H2,1-3H3/q+1. The summed E-state index contributed by atoms with van der Waals surface area (Å²) in [4.78, 5) is 0. The molecule has 0 N–H and O–H groups in total. The Hall–Kier alpha value is -0.550. The lowest BCUT2D eigenvalue weighted by Gasteiger charge is -2.32. The van der Waals surface area contributed by atoms with Gasteiger partial charge in [-0.3, -0.25) is 0 Å². The largest absolute Gasteiger partial charge is 0.312 e. The summed E-state index contributed by atoms with van der Waals surface area (Å²) in [5.74, 6) is 0. The van der Waals surface area contributed by atoms with Gasteiger partial charge in [0.1, 0.15) is 6.07 Å². The maximum absolute atomic E-state index is 8.53. The fourth-order valence-electron chi connectivity index (χ4n) is 1.16. The summed E-state index contributed by atoms with van der Waals surface area (Å²) in [5, 5.41) is 8.53. The van der Waals surface area contributed by atoms with Crippen molar-refractivity contribution in [2.24, 2.45) is 0 Å². The highest BCUT2D eigenvalue weighted by atomic mass is 15.3. The maximum atomic E-state index is 8.53. The number of nitrogens with zero attached hydrogens (tertiary/aromatic N) is 2. The smallest absolute Gasteiger partial charge is 0.166 e. The Kier molecular flexibility index (Phi) is 4.06. The van der Waals surface area contributed by atoms with Crippen LogP contribution in [-0.4, -0.2) is 30.7 Å². The van der Waals surface area contributed by atoms with E-state index >= 15 is 0 Å². The molecule has 0 aromatic carbocycles. The highest BCUT2D eigenvalue weighted by Crippen LogP contribution is 2.03. The summed E-state index contributed by atoms with van der Waals surface area (Å²) in [6, 6.07) is 2.23. The lowest BCUT2D eigenvalue weighted by atomic mass is 10.3. The predicted molar refractivity (Wildman–Crippen MR) is 42.4 cm³/mol. The van der Waals surface area contributed by atoms with Gasteiger partial charge in [-0.1, -0.05) is 0 Å². The second kappa shape index (κ2) is 4.29. The van der Waals surface area contributed by atoms with Gasteiger partial charge < -0.3 is 4.48 Å². The predicted octanol–water partition coefficient (Wildman–Crippen LogP) is 1.39. The number of quaternary nitrogens is 1. The van der Waals surface area contributed by atoms with E-state index < -0.39 is 0 Å². The highest BCUT2D eigenvalue weighted by Gasteiger charge is 2.18. The van der Waals surface area contributed by atoms with Gasteiger partial charge in [0.05, 0.1) is 19.6 Å². The van der Waals surface area contributed by atoms with Gasteiger partial charge in [-0.05, 0) is 20.8 Å². The van der Waals surface area contributed by atoms with Crippen LogP contribution in [0.15, 0.2) is 0 Å². The molecular formula is C8H17N2+. The molecule has 2 heteroatoms. The molecule has 0 aliphatic heterocycles. The van der Waals surface area contributed by atoms with E-state index in [4.69, 9.17) is 5.26 Å². The molecule has 0 amide bonds. The zero-order valence-corrected chi connectivity index (χ0v) is 7.22. The van der Waals surface area contributed by atoms with Crippen molar-refractivity contribution in [2.75, 3.05) is 26.2 Å². The molecule has 0 radical (unpaired) electrons. The van der Waals surface area contributed by atoms with Crippen molar-refractivity contribution < 1.29 is 4.48 Å². The van der Waals surface area contributed by atoms with Gasteiger partial charge in [-0.15, -0.1) is 0 Å². The quantitative estimate of drug-likeness (QED) is 0.428. The monoisotopic (exact) mass is 141 g/mol. The van der Waals surface area contributed by atoms with E-state index in [-0.39, 0.29) is 0 Å². The topological polar surface area (TPSA) is 23.8 Å². The summed E-state index contributed by atoms with van der Waals surface area (Å²) in [7, 11) is 0. The number of hydrogen-bond acceptors (Lipinski definition) is 1. The van der Waals surface area contributed by atoms with Crippen LogP contribution >= 0.6 is 0 Å². The van der Waals surface area contributed by atoms with Crippen molar-refractivity contribution in [3.05, 3.63) is 0 Å². The Balaban J connectivity index is 4.04. The van der Waals surface area contributed by atoms with Crippen molar-refractivity contribution in [1.82, 2.24) is 0 Å². The van der Waals surface area contributed by atoms with Crippen LogP contribution in [0, 0.1) is 11.3 Å². The van der Waals surface area contributed by atoms with Crippen LogP contribution in [0.1, 0.15) is 20.8 Å². The molecule has 0 saturated heterocycles. The summed E-state index contributed by atoms with van der Waals surface area (Å²) < 4.78 is 0.941. The van der Waals surface area contributed by atoms with E-state index in [9.17, 15) is 0 Å². The first-order chi connectivity index (χ1) is 4.74. The average Bonchev–Trinajstić information content (AvgIpc) is 2.01. The van der Waals surface area contributed by atoms with E-state index in [1.54, 1.807) is 0 Å². The van der Waals surface area contributed by atoms with E-state index in [2.05, 4.69) is 26.8 Å². The Labute approximate surface area is 63.7 Å². The minimum absolute atomic E-state index is 0.656. The van der Waals surface area contributed by atoms with Crippen molar-refractivity contribution >= 4 is 0 Å².